The van der Waals surface area contributed by atoms with Crippen LogP contribution in [0.2, 0.25) is 10.0 Å². The topological polar surface area (TPSA) is 109 Å². The van der Waals surface area contributed by atoms with Crippen molar-refractivity contribution in [2.24, 2.45) is 0 Å². The fourth-order valence-corrected chi connectivity index (χ4v) is 2.93. The number of thiocarbonyl (C=S) groups is 1. The van der Waals surface area contributed by atoms with E-state index in [0.717, 1.165) is 0 Å². The van der Waals surface area contributed by atoms with Crippen molar-refractivity contribution in [1.82, 2.24) is 10.7 Å². The van der Waals surface area contributed by atoms with Crippen molar-refractivity contribution in [2.45, 2.75) is 0 Å². The van der Waals surface area contributed by atoms with E-state index in [0.29, 0.717) is 27.1 Å². The Balaban J connectivity index is 1.58. The van der Waals surface area contributed by atoms with Crippen LogP contribution in [0.3, 0.4) is 0 Å². The number of benzene rings is 2. The molecule has 11 heteroatoms. The van der Waals surface area contributed by atoms with Gasteiger partial charge in [-0.2, -0.15) is 0 Å². The first kappa shape index (κ1) is 20.6. The quantitative estimate of drug-likeness (QED) is 0.291. The molecule has 3 N–H and O–H groups in total. The highest BCUT2D eigenvalue weighted by Crippen LogP contribution is 2.31. The van der Waals surface area contributed by atoms with E-state index in [2.05, 4.69) is 16.2 Å². The first-order valence-corrected chi connectivity index (χ1v) is 9.17. The third-order valence-electron chi connectivity index (χ3n) is 3.65. The van der Waals surface area contributed by atoms with Crippen molar-refractivity contribution in [1.29, 1.82) is 0 Å². The number of hydrazine groups is 1. The lowest BCUT2D eigenvalue weighted by molar-refractivity contribution is -0.384. The summed E-state index contributed by atoms with van der Waals surface area (Å²) < 4.78 is 5.54. The summed E-state index contributed by atoms with van der Waals surface area (Å²) >= 11 is 17.1. The second-order valence-electron chi connectivity index (χ2n) is 5.63. The van der Waals surface area contributed by atoms with E-state index < -0.39 is 10.8 Å². The highest BCUT2D eigenvalue weighted by molar-refractivity contribution is 7.80. The van der Waals surface area contributed by atoms with Gasteiger partial charge in [-0.05, 0) is 54.7 Å². The lowest BCUT2D eigenvalue weighted by Crippen LogP contribution is -2.41. The molecule has 0 atom stereocenters. The van der Waals surface area contributed by atoms with Gasteiger partial charge in [0.1, 0.15) is 5.76 Å². The summed E-state index contributed by atoms with van der Waals surface area (Å²) in [6, 6.07) is 13.7. The molecule has 2 aromatic carbocycles. The summed E-state index contributed by atoms with van der Waals surface area (Å²) in [5.74, 6) is -0.130. The molecule has 3 aromatic rings. The van der Waals surface area contributed by atoms with Crippen LogP contribution < -0.4 is 16.2 Å². The molecule has 8 nitrogen and oxygen atoms in total. The first-order valence-electron chi connectivity index (χ1n) is 8.00. The highest BCUT2D eigenvalue weighted by atomic mass is 35.5. The van der Waals surface area contributed by atoms with Crippen LogP contribution >= 0.6 is 35.4 Å². The van der Waals surface area contributed by atoms with Crippen molar-refractivity contribution in [3.8, 4) is 11.3 Å². The average molecular weight is 451 g/mol. The van der Waals surface area contributed by atoms with Crippen LogP contribution in [-0.2, 0) is 0 Å². The summed E-state index contributed by atoms with van der Waals surface area (Å²) in [6.07, 6.45) is 0. The van der Waals surface area contributed by atoms with E-state index in [1.807, 2.05) is 0 Å². The highest BCUT2D eigenvalue weighted by Gasteiger charge is 2.15. The monoisotopic (exact) mass is 450 g/mol. The number of carbonyl (C=O) groups excluding carboxylic acids is 1. The van der Waals surface area contributed by atoms with Gasteiger partial charge in [0.15, 0.2) is 10.9 Å². The van der Waals surface area contributed by atoms with E-state index in [4.69, 9.17) is 39.8 Å². The molecule has 0 aliphatic carbocycles. The molecule has 0 aliphatic rings. The number of halogens is 2. The molecule has 0 unspecified atom stereocenters. The summed E-state index contributed by atoms with van der Waals surface area (Å²) in [5, 5.41) is 13.9. The zero-order chi connectivity index (χ0) is 21.0. The number of hydrogen-bond acceptors (Lipinski definition) is 6. The maximum atomic E-state index is 12.3. The van der Waals surface area contributed by atoms with Gasteiger partial charge in [0, 0.05) is 22.7 Å². The van der Waals surface area contributed by atoms with Crippen molar-refractivity contribution >= 4 is 57.8 Å². The Bertz CT molecular complexity index is 1090. The van der Waals surface area contributed by atoms with Crippen LogP contribution in [-0.4, -0.2) is 15.9 Å². The Kier molecular flexibility index (Phi) is 6.32. The van der Waals surface area contributed by atoms with Gasteiger partial charge >= 0.3 is 0 Å². The van der Waals surface area contributed by atoms with Crippen LogP contribution in [0.4, 0.5) is 11.4 Å². The molecule has 0 bridgehead atoms. The number of amides is 1. The Hall–Kier alpha value is -3.14. The molecule has 0 spiro atoms. The summed E-state index contributed by atoms with van der Waals surface area (Å²) in [6.45, 7) is 0. The second-order valence-corrected chi connectivity index (χ2v) is 6.88. The molecule has 1 amide bonds. The van der Waals surface area contributed by atoms with Crippen LogP contribution in [0.25, 0.3) is 11.3 Å². The third kappa shape index (κ3) is 5.23. The van der Waals surface area contributed by atoms with Crippen molar-refractivity contribution in [3.05, 3.63) is 80.5 Å². The Morgan fingerprint density at radius 3 is 2.45 bits per heavy atom. The van der Waals surface area contributed by atoms with E-state index in [-0.39, 0.29) is 16.6 Å². The van der Waals surface area contributed by atoms with Gasteiger partial charge in [-0.3, -0.25) is 31.1 Å². The van der Waals surface area contributed by atoms with Gasteiger partial charge < -0.3 is 4.42 Å². The minimum atomic E-state index is -0.565. The number of nitrogens with one attached hydrogen (secondary N) is 3. The fraction of sp³-hybridized carbons (Fsp3) is 0. The van der Waals surface area contributed by atoms with E-state index in [1.165, 1.54) is 30.3 Å². The normalized spacial score (nSPS) is 10.3. The second kappa shape index (κ2) is 8.91. The van der Waals surface area contributed by atoms with Crippen LogP contribution in [0.5, 0.6) is 0 Å². The number of nitro groups is 1. The van der Waals surface area contributed by atoms with Gasteiger partial charge in [-0.25, -0.2) is 0 Å². The predicted octanol–water partition coefficient (Wildman–Crippen LogP) is 4.79. The number of hydrogen-bond donors (Lipinski definition) is 3. The molecule has 1 heterocycles. The molecule has 0 radical (unpaired) electrons. The van der Waals surface area contributed by atoms with Crippen LogP contribution in [0.15, 0.2) is 59.0 Å². The predicted molar refractivity (Wildman–Crippen MR) is 114 cm³/mol. The zero-order valence-electron chi connectivity index (χ0n) is 14.4. The number of anilines is 1. The van der Waals surface area contributed by atoms with Crippen molar-refractivity contribution < 1.29 is 14.1 Å². The molecule has 0 saturated heterocycles. The molecule has 148 valence electrons. The fourth-order valence-electron chi connectivity index (χ4n) is 2.29. The first-order chi connectivity index (χ1) is 13.8. The van der Waals surface area contributed by atoms with Gasteiger partial charge in [0.2, 0.25) is 0 Å². The molecule has 29 heavy (non-hydrogen) atoms. The van der Waals surface area contributed by atoms with Gasteiger partial charge in [-0.1, -0.05) is 23.2 Å². The lowest BCUT2D eigenvalue weighted by atomic mass is 10.2. The molecular formula is C18H12Cl2N4O4S. The van der Waals surface area contributed by atoms with E-state index >= 15 is 0 Å². The Labute approximate surface area is 179 Å². The number of nitrogens with zero attached hydrogens (tertiary/aromatic N) is 1. The van der Waals surface area contributed by atoms with Crippen molar-refractivity contribution in [3.63, 3.8) is 0 Å². The molecular weight excluding hydrogens is 439 g/mol. The van der Waals surface area contributed by atoms with Gasteiger partial charge in [-0.15, -0.1) is 0 Å². The largest absolute Gasteiger partial charge is 0.451 e. The number of nitro benzene ring substituents is 1. The maximum Gasteiger partial charge on any atom is 0.293 e. The SMILES string of the molecule is O=C(NC(=S)NNc1ccc([N+](=O)[O-])cc1)c1ccc(-c2ccc(Cl)cc2Cl)o1. The molecule has 1 aromatic heterocycles. The maximum absolute atomic E-state index is 12.3. The van der Waals surface area contributed by atoms with E-state index in [9.17, 15) is 14.9 Å². The van der Waals surface area contributed by atoms with Crippen LogP contribution in [0, 0.1) is 10.1 Å². The number of furan rings is 1. The minimum absolute atomic E-state index is 0.0178. The molecule has 3 rings (SSSR count). The smallest absolute Gasteiger partial charge is 0.293 e. The molecule has 0 saturated carbocycles. The lowest BCUT2D eigenvalue weighted by Gasteiger charge is -2.10. The number of non-ortho nitro benzene ring substituents is 1. The molecule has 0 fully saturated rings. The van der Waals surface area contributed by atoms with Crippen molar-refractivity contribution in [2.75, 3.05) is 5.43 Å². The number of rotatable bonds is 5. The molecule has 0 aliphatic heterocycles. The van der Waals surface area contributed by atoms with E-state index in [1.54, 1.807) is 24.3 Å². The summed E-state index contributed by atoms with van der Waals surface area (Å²) in [5.41, 5.74) is 6.40. The number of carbonyl (C=O) groups is 1. The van der Waals surface area contributed by atoms with Gasteiger partial charge in [0.05, 0.1) is 15.6 Å². The van der Waals surface area contributed by atoms with Gasteiger partial charge in [0.25, 0.3) is 11.6 Å². The summed E-state index contributed by atoms with van der Waals surface area (Å²) in [4.78, 5) is 22.4. The average Bonchev–Trinajstić information content (AvgIpc) is 3.16. The standard InChI is InChI=1S/C18H12Cl2N4O4S/c19-10-1-6-13(14(20)9-10)15-7-8-16(28-15)17(25)21-18(29)23-22-11-2-4-12(5-3-11)24(26)27/h1-9,22H,(H2,21,23,25,29). The summed E-state index contributed by atoms with van der Waals surface area (Å²) in [7, 11) is 0. The Morgan fingerprint density at radius 2 is 1.79 bits per heavy atom. The third-order valence-corrected chi connectivity index (χ3v) is 4.40. The zero-order valence-corrected chi connectivity index (χ0v) is 16.8. The Morgan fingerprint density at radius 1 is 1.07 bits per heavy atom. The van der Waals surface area contributed by atoms with Crippen LogP contribution in [0.1, 0.15) is 10.6 Å². The minimum Gasteiger partial charge on any atom is -0.451 e.